The van der Waals surface area contributed by atoms with Crippen LogP contribution in [-0.2, 0) is 4.79 Å². The molecular formula is C13H18N2O3. The first-order chi connectivity index (χ1) is 8.32. The molecule has 1 rings (SSSR count). The zero-order valence-electron chi connectivity index (χ0n) is 10.7. The molecule has 1 amide bonds. The number of hydrogen-bond acceptors (Lipinski definition) is 3. The van der Waals surface area contributed by atoms with Crippen LogP contribution in [0.1, 0.15) is 29.8 Å². The van der Waals surface area contributed by atoms with Crippen molar-refractivity contribution in [2.45, 2.75) is 26.8 Å². The third-order valence-electron chi connectivity index (χ3n) is 2.76. The Labute approximate surface area is 106 Å². The van der Waals surface area contributed by atoms with Crippen LogP contribution < -0.4 is 11.1 Å². The predicted molar refractivity (Wildman–Crippen MR) is 69.3 cm³/mol. The summed E-state index contributed by atoms with van der Waals surface area (Å²) in [5.41, 5.74) is 7.47. The molecule has 1 unspecified atom stereocenters. The van der Waals surface area contributed by atoms with Gasteiger partial charge in [-0.15, -0.1) is 0 Å². The van der Waals surface area contributed by atoms with Crippen LogP contribution in [0.5, 0.6) is 0 Å². The molecule has 1 atom stereocenters. The van der Waals surface area contributed by atoms with E-state index in [2.05, 4.69) is 5.32 Å². The minimum Gasteiger partial charge on any atom is -0.480 e. The van der Waals surface area contributed by atoms with E-state index in [1.54, 1.807) is 32.0 Å². The molecule has 1 aromatic rings. The van der Waals surface area contributed by atoms with Crippen molar-refractivity contribution >= 4 is 17.6 Å². The lowest BCUT2D eigenvalue weighted by atomic mass is 10.0. The summed E-state index contributed by atoms with van der Waals surface area (Å²) in [6.07, 6.45) is 0. The summed E-state index contributed by atoms with van der Waals surface area (Å²) in [5.74, 6) is -1.66. The monoisotopic (exact) mass is 250 g/mol. The van der Waals surface area contributed by atoms with Gasteiger partial charge < -0.3 is 16.2 Å². The number of anilines is 1. The lowest BCUT2D eigenvalue weighted by Gasteiger charge is -2.18. The lowest BCUT2D eigenvalue weighted by Crippen LogP contribution is -2.44. The number of amides is 1. The van der Waals surface area contributed by atoms with Crippen molar-refractivity contribution < 1.29 is 14.7 Å². The Morgan fingerprint density at radius 3 is 2.39 bits per heavy atom. The first-order valence-corrected chi connectivity index (χ1v) is 5.72. The number of nitrogens with two attached hydrogens (primary N) is 1. The molecule has 0 radical (unpaired) electrons. The van der Waals surface area contributed by atoms with E-state index < -0.39 is 17.9 Å². The summed E-state index contributed by atoms with van der Waals surface area (Å²) in [6.45, 7) is 5.32. The van der Waals surface area contributed by atoms with Crippen LogP contribution in [0.4, 0.5) is 5.69 Å². The van der Waals surface area contributed by atoms with Gasteiger partial charge in [0.2, 0.25) is 0 Å². The summed E-state index contributed by atoms with van der Waals surface area (Å²) in [4.78, 5) is 22.9. The summed E-state index contributed by atoms with van der Waals surface area (Å²) < 4.78 is 0. The molecule has 0 aliphatic carbocycles. The van der Waals surface area contributed by atoms with E-state index in [0.29, 0.717) is 11.3 Å². The van der Waals surface area contributed by atoms with Gasteiger partial charge in [0.15, 0.2) is 0 Å². The molecule has 0 bridgehead atoms. The number of carboxylic acids is 1. The maximum absolute atomic E-state index is 11.9. The van der Waals surface area contributed by atoms with E-state index >= 15 is 0 Å². The summed E-state index contributed by atoms with van der Waals surface area (Å²) in [6, 6.07) is 4.00. The number of aliphatic carboxylic acids is 1. The summed E-state index contributed by atoms with van der Waals surface area (Å²) in [7, 11) is 0. The standard InChI is InChI=1S/C13H18N2O3/c1-7(2)11(13(17)18)15-12(16)9-5-4-8(3)10(14)6-9/h4-7,11H,14H2,1-3H3,(H,15,16)(H,17,18). The smallest absolute Gasteiger partial charge is 0.326 e. The molecule has 18 heavy (non-hydrogen) atoms. The fourth-order valence-corrected chi connectivity index (χ4v) is 1.52. The molecule has 0 spiro atoms. The molecule has 0 saturated heterocycles. The van der Waals surface area contributed by atoms with Crippen molar-refractivity contribution in [2.75, 3.05) is 5.73 Å². The minimum atomic E-state index is -1.04. The molecule has 0 aromatic heterocycles. The highest BCUT2D eigenvalue weighted by Gasteiger charge is 2.23. The van der Waals surface area contributed by atoms with E-state index in [0.717, 1.165) is 5.56 Å². The fraction of sp³-hybridized carbons (Fsp3) is 0.385. The number of nitrogen functional groups attached to an aromatic ring is 1. The number of carbonyl (C=O) groups excluding carboxylic acids is 1. The maximum Gasteiger partial charge on any atom is 0.326 e. The Morgan fingerprint density at radius 2 is 1.94 bits per heavy atom. The largest absolute Gasteiger partial charge is 0.480 e. The van der Waals surface area contributed by atoms with Gasteiger partial charge in [-0.2, -0.15) is 0 Å². The maximum atomic E-state index is 11.9. The number of carboxylic acid groups (broad SMARTS) is 1. The molecule has 0 heterocycles. The zero-order valence-corrected chi connectivity index (χ0v) is 10.7. The van der Waals surface area contributed by atoms with Crippen LogP contribution in [0.25, 0.3) is 0 Å². The number of benzene rings is 1. The Balaban J connectivity index is 2.87. The quantitative estimate of drug-likeness (QED) is 0.704. The molecule has 0 aliphatic rings. The highest BCUT2D eigenvalue weighted by molar-refractivity contribution is 5.97. The average Bonchev–Trinajstić information content (AvgIpc) is 2.28. The van der Waals surface area contributed by atoms with Gasteiger partial charge in [0, 0.05) is 11.3 Å². The van der Waals surface area contributed by atoms with Crippen LogP contribution >= 0.6 is 0 Å². The number of aryl methyl sites for hydroxylation is 1. The van der Waals surface area contributed by atoms with Crippen LogP contribution in [0, 0.1) is 12.8 Å². The van der Waals surface area contributed by atoms with Crippen molar-refractivity contribution in [1.82, 2.24) is 5.32 Å². The van der Waals surface area contributed by atoms with Gasteiger partial charge in [0.1, 0.15) is 6.04 Å². The Morgan fingerprint density at radius 1 is 1.33 bits per heavy atom. The first kappa shape index (κ1) is 14.0. The molecule has 0 saturated carbocycles. The topological polar surface area (TPSA) is 92.4 Å². The van der Waals surface area contributed by atoms with Gasteiger partial charge >= 0.3 is 5.97 Å². The lowest BCUT2D eigenvalue weighted by molar-refractivity contribution is -0.140. The zero-order chi connectivity index (χ0) is 13.9. The molecule has 98 valence electrons. The number of nitrogens with one attached hydrogen (secondary N) is 1. The van der Waals surface area contributed by atoms with E-state index in [4.69, 9.17) is 10.8 Å². The van der Waals surface area contributed by atoms with Gasteiger partial charge in [0.25, 0.3) is 5.91 Å². The van der Waals surface area contributed by atoms with E-state index in [1.165, 1.54) is 0 Å². The Kier molecular flexibility index (Phi) is 4.31. The summed E-state index contributed by atoms with van der Waals surface area (Å²) in [5, 5.41) is 11.5. The van der Waals surface area contributed by atoms with Crippen LogP contribution in [-0.4, -0.2) is 23.0 Å². The van der Waals surface area contributed by atoms with Gasteiger partial charge in [-0.25, -0.2) is 4.79 Å². The second-order valence-corrected chi connectivity index (χ2v) is 4.60. The SMILES string of the molecule is Cc1ccc(C(=O)NC(C(=O)O)C(C)C)cc1N. The van der Waals surface area contributed by atoms with Crippen molar-refractivity contribution in [1.29, 1.82) is 0 Å². The second-order valence-electron chi connectivity index (χ2n) is 4.60. The Bertz CT molecular complexity index is 469. The third-order valence-corrected chi connectivity index (χ3v) is 2.76. The van der Waals surface area contributed by atoms with Crippen molar-refractivity contribution in [3.8, 4) is 0 Å². The molecule has 5 heteroatoms. The normalized spacial score (nSPS) is 12.2. The number of carbonyl (C=O) groups is 2. The van der Waals surface area contributed by atoms with E-state index in [-0.39, 0.29) is 5.92 Å². The van der Waals surface area contributed by atoms with Gasteiger partial charge in [-0.1, -0.05) is 19.9 Å². The second kappa shape index (κ2) is 5.53. The van der Waals surface area contributed by atoms with E-state index in [9.17, 15) is 9.59 Å². The average molecular weight is 250 g/mol. The van der Waals surface area contributed by atoms with Crippen molar-refractivity contribution in [3.05, 3.63) is 29.3 Å². The molecule has 1 aromatic carbocycles. The van der Waals surface area contributed by atoms with Gasteiger partial charge in [-0.3, -0.25) is 4.79 Å². The molecule has 0 aliphatic heterocycles. The van der Waals surface area contributed by atoms with Crippen molar-refractivity contribution in [3.63, 3.8) is 0 Å². The minimum absolute atomic E-state index is 0.186. The first-order valence-electron chi connectivity index (χ1n) is 5.72. The molecule has 5 nitrogen and oxygen atoms in total. The molecular weight excluding hydrogens is 232 g/mol. The Hall–Kier alpha value is -2.04. The van der Waals surface area contributed by atoms with Crippen LogP contribution in [0.15, 0.2) is 18.2 Å². The highest BCUT2D eigenvalue weighted by Crippen LogP contribution is 2.13. The molecule has 4 N–H and O–H groups in total. The van der Waals surface area contributed by atoms with Crippen LogP contribution in [0.2, 0.25) is 0 Å². The fourth-order valence-electron chi connectivity index (χ4n) is 1.52. The van der Waals surface area contributed by atoms with Crippen LogP contribution in [0.3, 0.4) is 0 Å². The predicted octanol–water partition coefficient (Wildman–Crippen LogP) is 1.42. The number of rotatable bonds is 4. The number of hydrogen-bond donors (Lipinski definition) is 3. The van der Waals surface area contributed by atoms with E-state index in [1.807, 2.05) is 6.92 Å². The highest BCUT2D eigenvalue weighted by atomic mass is 16.4. The summed E-state index contributed by atoms with van der Waals surface area (Å²) >= 11 is 0. The van der Waals surface area contributed by atoms with Gasteiger partial charge in [0.05, 0.1) is 0 Å². The van der Waals surface area contributed by atoms with Crippen molar-refractivity contribution in [2.24, 2.45) is 5.92 Å². The van der Waals surface area contributed by atoms with Gasteiger partial charge in [-0.05, 0) is 30.5 Å². The molecule has 0 fully saturated rings. The third kappa shape index (κ3) is 3.23.